The summed E-state index contributed by atoms with van der Waals surface area (Å²) in [4.78, 5) is -0.0125. The number of rotatable bonds is 8. The highest BCUT2D eigenvalue weighted by atomic mass is 32.2. The maximum atomic E-state index is 12.1. The van der Waals surface area contributed by atoms with Crippen molar-refractivity contribution in [2.75, 3.05) is 19.7 Å². The Labute approximate surface area is 103 Å². The second-order valence-electron chi connectivity index (χ2n) is 3.47. The third kappa shape index (κ3) is 3.97. The van der Waals surface area contributed by atoms with Gasteiger partial charge in [-0.15, -0.1) is 0 Å². The molecule has 0 saturated heterocycles. The fourth-order valence-corrected chi connectivity index (χ4v) is 3.85. The largest absolute Gasteiger partial charge is 0.395 e. The number of hydrogen-bond acceptors (Lipinski definition) is 4. The van der Waals surface area contributed by atoms with E-state index >= 15 is 0 Å². The van der Waals surface area contributed by atoms with Crippen molar-refractivity contribution in [3.63, 3.8) is 0 Å². The maximum Gasteiger partial charge on any atom is 0.223 e. The maximum absolute atomic E-state index is 12.1. The van der Waals surface area contributed by atoms with Crippen LogP contribution >= 0.6 is 12.2 Å². The predicted octanol–water partition coefficient (Wildman–Crippen LogP) is 0.0852. The van der Waals surface area contributed by atoms with Crippen molar-refractivity contribution in [2.45, 2.75) is 31.9 Å². The average molecular weight is 268 g/mol. The van der Waals surface area contributed by atoms with Crippen LogP contribution in [0, 0.1) is 0 Å². The Morgan fingerprint density at radius 1 is 1.44 bits per heavy atom. The lowest BCUT2D eigenvalue weighted by atomic mass is 10.3. The third-order valence-corrected chi connectivity index (χ3v) is 5.05. The van der Waals surface area contributed by atoms with Crippen LogP contribution in [0.3, 0.4) is 0 Å². The average Bonchev–Trinajstić information content (AvgIpc) is 2.17. The molecule has 0 bridgehead atoms. The van der Waals surface area contributed by atoms with Gasteiger partial charge in [0.15, 0.2) is 0 Å². The van der Waals surface area contributed by atoms with Gasteiger partial charge in [-0.25, -0.2) is 8.42 Å². The molecule has 0 saturated carbocycles. The zero-order chi connectivity index (χ0) is 12.8. The van der Waals surface area contributed by atoms with Gasteiger partial charge in [-0.1, -0.05) is 26.1 Å². The molecule has 7 heteroatoms. The van der Waals surface area contributed by atoms with Crippen LogP contribution in [0.2, 0.25) is 0 Å². The van der Waals surface area contributed by atoms with E-state index in [0.717, 1.165) is 0 Å². The lowest BCUT2D eigenvalue weighted by Gasteiger charge is -2.25. The van der Waals surface area contributed by atoms with Crippen molar-refractivity contribution in [1.29, 1.82) is 0 Å². The van der Waals surface area contributed by atoms with Gasteiger partial charge >= 0.3 is 0 Å². The van der Waals surface area contributed by atoms with Crippen molar-refractivity contribution in [1.82, 2.24) is 4.31 Å². The minimum absolute atomic E-state index is 0.0125. The normalized spacial score (nSPS) is 14.0. The molecule has 0 spiro atoms. The molecule has 0 aromatic rings. The molecular weight excluding hydrogens is 248 g/mol. The van der Waals surface area contributed by atoms with E-state index in [1.807, 2.05) is 6.92 Å². The monoisotopic (exact) mass is 268 g/mol. The van der Waals surface area contributed by atoms with Crippen LogP contribution in [0.1, 0.15) is 26.7 Å². The number of nitrogens with two attached hydrogens (primary N) is 1. The first-order valence-electron chi connectivity index (χ1n) is 5.30. The zero-order valence-electron chi connectivity index (χ0n) is 9.72. The van der Waals surface area contributed by atoms with Crippen molar-refractivity contribution in [3.8, 4) is 0 Å². The van der Waals surface area contributed by atoms with Gasteiger partial charge in [0.2, 0.25) is 10.0 Å². The standard InChI is InChI=1S/C9H20N2O3S2/c1-3-5-11(6-7-12)16(13,14)8(4-2)9(10)15/h8,12H,3-7H2,1-2H3,(H2,10,15). The minimum atomic E-state index is -3.53. The molecule has 0 radical (unpaired) electrons. The van der Waals surface area contributed by atoms with E-state index in [2.05, 4.69) is 0 Å². The number of aliphatic hydroxyl groups excluding tert-OH is 1. The lowest BCUT2D eigenvalue weighted by molar-refractivity contribution is 0.253. The van der Waals surface area contributed by atoms with Gasteiger partial charge in [0.05, 0.1) is 11.6 Å². The molecule has 0 aliphatic carbocycles. The molecule has 0 aromatic heterocycles. The number of nitrogens with zero attached hydrogens (tertiary/aromatic N) is 1. The molecule has 0 fully saturated rings. The summed E-state index contributed by atoms with van der Waals surface area (Å²) in [6.45, 7) is 3.87. The van der Waals surface area contributed by atoms with Crippen LogP contribution in [-0.2, 0) is 10.0 Å². The topological polar surface area (TPSA) is 83.6 Å². The Bertz CT molecular complexity index is 311. The summed E-state index contributed by atoms with van der Waals surface area (Å²) in [6, 6.07) is 0. The van der Waals surface area contributed by atoms with Gasteiger partial charge in [-0.3, -0.25) is 0 Å². The van der Waals surface area contributed by atoms with E-state index in [4.69, 9.17) is 23.1 Å². The summed E-state index contributed by atoms with van der Waals surface area (Å²) >= 11 is 4.76. The second kappa shape index (κ2) is 7.16. The summed E-state index contributed by atoms with van der Waals surface area (Å²) in [6.07, 6.45) is 1.04. The Morgan fingerprint density at radius 3 is 2.31 bits per heavy atom. The molecule has 0 aliphatic rings. The third-order valence-electron chi connectivity index (χ3n) is 2.23. The first-order valence-corrected chi connectivity index (χ1v) is 7.22. The van der Waals surface area contributed by atoms with Crippen LogP contribution < -0.4 is 5.73 Å². The number of thiocarbonyl (C=S) groups is 1. The Kier molecular flexibility index (Phi) is 7.05. The second-order valence-corrected chi connectivity index (χ2v) is 6.05. The van der Waals surface area contributed by atoms with Crippen LogP contribution in [0.25, 0.3) is 0 Å². The molecular formula is C9H20N2O3S2. The fraction of sp³-hybridized carbons (Fsp3) is 0.889. The van der Waals surface area contributed by atoms with Crippen molar-refractivity contribution >= 4 is 27.2 Å². The van der Waals surface area contributed by atoms with Crippen LogP contribution in [0.5, 0.6) is 0 Å². The number of hydrogen-bond donors (Lipinski definition) is 2. The molecule has 96 valence electrons. The molecule has 0 aromatic carbocycles. The summed E-state index contributed by atoms with van der Waals surface area (Å²) in [7, 11) is -3.53. The first-order chi connectivity index (χ1) is 7.41. The van der Waals surface area contributed by atoms with E-state index in [9.17, 15) is 8.42 Å². The van der Waals surface area contributed by atoms with E-state index < -0.39 is 15.3 Å². The number of aliphatic hydroxyl groups is 1. The summed E-state index contributed by atoms with van der Waals surface area (Å²) < 4.78 is 25.5. The van der Waals surface area contributed by atoms with Crippen molar-refractivity contribution < 1.29 is 13.5 Å². The minimum Gasteiger partial charge on any atom is -0.395 e. The van der Waals surface area contributed by atoms with Gasteiger partial charge in [-0.05, 0) is 12.8 Å². The predicted molar refractivity (Wildman–Crippen MR) is 68.7 cm³/mol. The molecule has 1 unspecified atom stereocenters. The SMILES string of the molecule is CCCN(CCO)S(=O)(=O)C(CC)C(N)=S. The van der Waals surface area contributed by atoms with E-state index in [1.165, 1.54) is 4.31 Å². The molecule has 0 heterocycles. The highest BCUT2D eigenvalue weighted by molar-refractivity contribution is 7.92. The number of sulfonamides is 1. The highest BCUT2D eigenvalue weighted by Gasteiger charge is 2.31. The van der Waals surface area contributed by atoms with E-state index in [1.54, 1.807) is 6.92 Å². The van der Waals surface area contributed by atoms with Crippen LogP contribution in [0.4, 0.5) is 0 Å². The summed E-state index contributed by atoms with van der Waals surface area (Å²) in [5.41, 5.74) is 5.43. The van der Waals surface area contributed by atoms with Crippen LogP contribution in [0.15, 0.2) is 0 Å². The van der Waals surface area contributed by atoms with Gasteiger partial charge in [0.25, 0.3) is 0 Å². The van der Waals surface area contributed by atoms with Gasteiger partial charge in [-0.2, -0.15) is 4.31 Å². The molecule has 0 amide bonds. The van der Waals surface area contributed by atoms with Crippen LogP contribution in [-0.4, -0.2) is 47.8 Å². The van der Waals surface area contributed by atoms with Gasteiger partial charge in [0, 0.05) is 13.1 Å². The quantitative estimate of drug-likeness (QED) is 0.609. The van der Waals surface area contributed by atoms with Gasteiger partial charge < -0.3 is 10.8 Å². The molecule has 1 atom stereocenters. The van der Waals surface area contributed by atoms with E-state index in [-0.39, 0.29) is 18.1 Å². The summed E-state index contributed by atoms with van der Waals surface area (Å²) in [5.74, 6) is 0. The molecule has 0 rings (SSSR count). The molecule has 16 heavy (non-hydrogen) atoms. The first kappa shape index (κ1) is 15.8. The van der Waals surface area contributed by atoms with Crippen molar-refractivity contribution in [3.05, 3.63) is 0 Å². The van der Waals surface area contributed by atoms with E-state index in [0.29, 0.717) is 19.4 Å². The van der Waals surface area contributed by atoms with Gasteiger partial charge in [0.1, 0.15) is 5.25 Å². The lowest BCUT2D eigenvalue weighted by Crippen LogP contribution is -2.45. The molecule has 5 nitrogen and oxygen atoms in total. The smallest absolute Gasteiger partial charge is 0.223 e. The van der Waals surface area contributed by atoms with Crippen molar-refractivity contribution in [2.24, 2.45) is 5.73 Å². The summed E-state index contributed by atoms with van der Waals surface area (Å²) in [5, 5.41) is 8.02. The highest BCUT2D eigenvalue weighted by Crippen LogP contribution is 2.13. The Balaban J connectivity index is 5.02. The molecule has 0 aliphatic heterocycles. The Morgan fingerprint density at radius 2 is 2.00 bits per heavy atom. The zero-order valence-corrected chi connectivity index (χ0v) is 11.4. The Hall–Kier alpha value is -0.240. The molecule has 3 N–H and O–H groups in total. The fourth-order valence-electron chi connectivity index (χ4n) is 1.47.